The molecule has 0 unspecified atom stereocenters. The molecule has 33 heavy (non-hydrogen) atoms. The average Bonchev–Trinajstić information content (AvgIpc) is 2.75. The molecule has 5 amide bonds. The topological polar surface area (TPSA) is 229 Å². The molecule has 0 aromatic rings. The molecule has 0 saturated heterocycles. The van der Waals surface area contributed by atoms with Gasteiger partial charge in [0.05, 0.1) is 12.6 Å². The van der Waals surface area contributed by atoms with E-state index in [4.69, 9.17) is 10.8 Å². The number of nitrogens with one attached hydrogen (secondary N) is 5. The fraction of sp³-hybridized carbons (Fsp3) is 0.667. The van der Waals surface area contributed by atoms with Crippen LogP contribution in [-0.4, -0.2) is 94.3 Å². The average molecular weight is 493 g/mol. The minimum absolute atomic E-state index is 0.0171. The van der Waals surface area contributed by atoms with Gasteiger partial charge in [0.2, 0.25) is 29.5 Å². The highest BCUT2D eigenvalue weighted by Crippen LogP contribution is 1.94. The van der Waals surface area contributed by atoms with Crippen molar-refractivity contribution in [3.63, 3.8) is 0 Å². The Balaban J connectivity index is 4.76. The highest BCUT2D eigenvalue weighted by Gasteiger charge is 2.28. The number of rotatable bonds is 13. The van der Waals surface area contributed by atoms with Gasteiger partial charge in [-0.15, -0.1) is 0 Å². The molecule has 0 fully saturated rings. The molecule has 188 valence electrons. The van der Waals surface area contributed by atoms with E-state index in [0.717, 1.165) is 0 Å². The number of carboxylic acids is 1. The van der Waals surface area contributed by atoms with Crippen molar-refractivity contribution >= 4 is 48.1 Å². The zero-order chi connectivity index (χ0) is 25.9. The summed E-state index contributed by atoms with van der Waals surface area (Å²) in [6.45, 7) is 4.50. The molecule has 14 nitrogen and oxygen atoms in total. The summed E-state index contributed by atoms with van der Waals surface area (Å²) in [5, 5.41) is 29.5. The van der Waals surface area contributed by atoms with Crippen molar-refractivity contribution in [2.45, 2.75) is 63.9 Å². The SMILES string of the molecule is C[C@H](NC(=O)[C@H](C)NC(=O)[C@@H](C)NC(=O)[C@@H](C)NC(=O)[C@@H](CO)NC(=O)[C@H](N)CS)C(=O)O. The van der Waals surface area contributed by atoms with Gasteiger partial charge in [-0.25, -0.2) is 0 Å². The van der Waals surface area contributed by atoms with Gasteiger partial charge in [-0.3, -0.25) is 28.8 Å². The summed E-state index contributed by atoms with van der Waals surface area (Å²) in [5.74, 6) is -5.00. The first-order chi connectivity index (χ1) is 15.2. The molecular formula is C18H32N6O8S. The summed E-state index contributed by atoms with van der Waals surface area (Å²) in [6, 6.07) is -6.83. The van der Waals surface area contributed by atoms with E-state index in [9.17, 15) is 33.9 Å². The zero-order valence-electron chi connectivity index (χ0n) is 18.7. The van der Waals surface area contributed by atoms with Crippen LogP contribution in [0.5, 0.6) is 0 Å². The normalized spacial score (nSPS) is 16.1. The van der Waals surface area contributed by atoms with Crippen LogP contribution in [0.4, 0.5) is 0 Å². The van der Waals surface area contributed by atoms with Crippen LogP contribution in [0.1, 0.15) is 27.7 Å². The van der Waals surface area contributed by atoms with E-state index in [1.807, 2.05) is 0 Å². The molecule has 0 radical (unpaired) electrons. The van der Waals surface area contributed by atoms with Gasteiger partial charge in [0, 0.05) is 5.75 Å². The first-order valence-corrected chi connectivity index (χ1v) is 10.6. The van der Waals surface area contributed by atoms with Crippen molar-refractivity contribution in [2.24, 2.45) is 5.73 Å². The second-order valence-electron chi connectivity index (χ2n) is 7.29. The van der Waals surface area contributed by atoms with E-state index in [1.54, 1.807) is 0 Å². The van der Waals surface area contributed by atoms with Gasteiger partial charge in [-0.05, 0) is 27.7 Å². The maximum atomic E-state index is 12.3. The van der Waals surface area contributed by atoms with Gasteiger partial charge in [-0.2, -0.15) is 12.6 Å². The Morgan fingerprint density at radius 2 is 1.06 bits per heavy atom. The third-order valence-electron chi connectivity index (χ3n) is 4.33. The van der Waals surface area contributed by atoms with Crippen molar-refractivity contribution < 1.29 is 39.0 Å². The fourth-order valence-corrected chi connectivity index (χ4v) is 2.31. The lowest BCUT2D eigenvalue weighted by Crippen LogP contribution is -2.58. The predicted molar refractivity (Wildman–Crippen MR) is 119 cm³/mol. The van der Waals surface area contributed by atoms with E-state index in [0.29, 0.717) is 0 Å². The third-order valence-corrected chi connectivity index (χ3v) is 4.73. The molecule has 0 rings (SSSR count). The summed E-state index contributed by atoms with van der Waals surface area (Å²) >= 11 is 3.86. The molecular weight excluding hydrogens is 460 g/mol. The maximum Gasteiger partial charge on any atom is 0.325 e. The number of hydrogen-bond acceptors (Lipinski definition) is 9. The molecule has 0 aliphatic carbocycles. The van der Waals surface area contributed by atoms with E-state index in [-0.39, 0.29) is 5.75 Å². The summed E-state index contributed by atoms with van der Waals surface area (Å²) in [6.07, 6.45) is 0. The van der Waals surface area contributed by atoms with Crippen molar-refractivity contribution in [3.05, 3.63) is 0 Å². The van der Waals surface area contributed by atoms with E-state index < -0.39 is 78.4 Å². The smallest absolute Gasteiger partial charge is 0.325 e. The van der Waals surface area contributed by atoms with Crippen LogP contribution in [0.25, 0.3) is 0 Å². The second-order valence-corrected chi connectivity index (χ2v) is 7.66. The molecule has 0 bridgehead atoms. The number of carboxylic acid groups (broad SMARTS) is 1. The number of hydrogen-bond donors (Lipinski definition) is 9. The first kappa shape index (κ1) is 30.1. The molecule has 9 N–H and O–H groups in total. The van der Waals surface area contributed by atoms with E-state index in [1.165, 1.54) is 27.7 Å². The Morgan fingerprint density at radius 3 is 1.39 bits per heavy atom. The quantitative estimate of drug-likeness (QED) is 0.113. The number of aliphatic carboxylic acids is 1. The predicted octanol–water partition coefficient (Wildman–Crippen LogP) is -4.18. The molecule has 0 aromatic carbocycles. The molecule has 15 heteroatoms. The Kier molecular flexibility index (Phi) is 13.0. The van der Waals surface area contributed by atoms with Crippen LogP contribution < -0.4 is 32.3 Å². The van der Waals surface area contributed by atoms with Crippen LogP contribution in [-0.2, 0) is 28.8 Å². The van der Waals surface area contributed by atoms with Crippen LogP contribution in [0.15, 0.2) is 0 Å². The maximum absolute atomic E-state index is 12.3. The number of carbonyl (C=O) groups excluding carboxylic acids is 5. The number of amides is 5. The Labute approximate surface area is 196 Å². The highest BCUT2D eigenvalue weighted by atomic mass is 32.1. The zero-order valence-corrected chi connectivity index (χ0v) is 19.6. The van der Waals surface area contributed by atoms with Gasteiger partial charge >= 0.3 is 5.97 Å². The van der Waals surface area contributed by atoms with Crippen molar-refractivity contribution in [3.8, 4) is 0 Å². The number of carbonyl (C=O) groups is 6. The monoisotopic (exact) mass is 492 g/mol. The highest BCUT2D eigenvalue weighted by molar-refractivity contribution is 7.80. The van der Waals surface area contributed by atoms with E-state index >= 15 is 0 Å². The minimum Gasteiger partial charge on any atom is -0.480 e. The van der Waals surface area contributed by atoms with Crippen molar-refractivity contribution in [2.75, 3.05) is 12.4 Å². The lowest BCUT2D eigenvalue weighted by Gasteiger charge is -2.23. The lowest BCUT2D eigenvalue weighted by atomic mass is 10.2. The lowest BCUT2D eigenvalue weighted by molar-refractivity contribution is -0.141. The Bertz CT molecular complexity index is 751. The number of thiol groups is 1. The van der Waals surface area contributed by atoms with Gasteiger partial charge in [0.1, 0.15) is 30.2 Å². The van der Waals surface area contributed by atoms with Crippen molar-refractivity contribution in [1.29, 1.82) is 0 Å². The second kappa shape index (κ2) is 14.3. The summed E-state index contributed by atoms with van der Waals surface area (Å²) < 4.78 is 0. The number of aliphatic hydroxyl groups excluding tert-OH is 1. The Hall–Kier alpha value is -2.91. The van der Waals surface area contributed by atoms with Gasteiger partial charge in [0.15, 0.2) is 0 Å². The third kappa shape index (κ3) is 10.5. The molecule has 0 aliphatic heterocycles. The van der Waals surface area contributed by atoms with Crippen LogP contribution >= 0.6 is 12.6 Å². The van der Waals surface area contributed by atoms with Gasteiger partial charge in [0.25, 0.3) is 0 Å². The summed E-state index contributed by atoms with van der Waals surface area (Å²) in [4.78, 5) is 71.2. The summed E-state index contributed by atoms with van der Waals surface area (Å²) in [5.41, 5.74) is 5.49. The largest absolute Gasteiger partial charge is 0.480 e. The number of nitrogens with two attached hydrogens (primary N) is 1. The van der Waals surface area contributed by atoms with E-state index in [2.05, 4.69) is 39.2 Å². The molecule has 0 heterocycles. The molecule has 6 atom stereocenters. The fourth-order valence-electron chi connectivity index (χ4n) is 2.14. The van der Waals surface area contributed by atoms with Crippen molar-refractivity contribution in [1.82, 2.24) is 26.6 Å². The van der Waals surface area contributed by atoms with Gasteiger partial charge < -0.3 is 42.5 Å². The van der Waals surface area contributed by atoms with Crippen LogP contribution in [0.2, 0.25) is 0 Å². The van der Waals surface area contributed by atoms with Crippen LogP contribution in [0.3, 0.4) is 0 Å². The van der Waals surface area contributed by atoms with Crippen LogP contribution in [0, 0.1) is 0 Å². The van der Waals surface area contributed by atoms with Gasteiger partial charge in [-0.1, -0.05) is 0 Å². The Morgan fingerprint density at radius 1 is 0.697 bits per heavy atom. The first-order valence-electron chi connectivity index (χ1n) is 9.97. The molecule has 0 aromatic heterocycles. The molecule has 0 aliphatic rings. The summed E-state index contributed by atoms with van der Waals surface area (Å²) in [7, 11) is 0. The molecule has 0 saturated carbocycles. The number of aliphatic hydroxyl groups is 1. The minimum atomic E-state index is -1.35. The molecule has 0 spiro atoms. The standard InChI is InChI=1S/C18H32N6O8S/c1-7(13(26)21-8(2)15(28)23-10(4)18(31)32)20-14(27)9(3)22-17(30)12(5-25)24-16(29)11(19)6-33/h7-12,25,33H,5-6,19H2,1-4H3,(H,20,27)(H,21,26)(H,22,30)(H,23,28)(H,24,29)(H,31,32)/t7-,8+,9-,10+,11-,12-/m1/s1.